The van der Waals surface area contributed by atoms with Gasteiger partial charge in [0, 0.05) is 20.0 Å². The second kappa shape index (κ2) is 4.09. The van der Waals surface area contributed by atoms with E-state index in [-0.39, 0.29) is 5.91 Å². The van der Waals surface area contributed by atoms with Gasteiger partial charge in [-0.05, 0) is 24.3 Å². The molecular weight excluding hydrogens is 164 g/mol. The van der Waals surface area contributed by atoms with E-state index in [1.165, 1.54) is 0 Å². The van der Waals surface area contributed by atoms with Crippen molar-refractivity contribution in [3.63, 3.8) is 0 Å². The molecule has 2 unspecified atom stereocenters. The monoisotopic (exact) mass is 184 g/mol. The van der Waals surface area contributed by atoms with Crippen molar-refractivity contribution >= 4 is 5.91 Å². The van der Waals surface area contributed by atoms with Crippen molar-refractivity contribution in [3.05, 3.63) is 0 Å². The van der Waals surface area contributed by atoms with E-state index in [0.29, 0.717) is 30.7 Å². The first-order chi connectivity index (χ1) is 6.06. The maximum absolute atomic E-state index is 11.3. The molecule has 3 heteroatoms. The summed E-state index contributed by atoms with van der Waals surface area (Å²) in [7, 11) is 1.87. The second-order valence-electron chi connectivity index (χ2n) is 4.38. The number of hydrogen-bond donors (Lipinski definition) is 1. The minimum Gasteiger partial charge on any atom is -0.345 e. The van der Waals surface area contributed by atoms with Crippen molar-refractivity contribution in [1.82, 2.24) is 4.90 Å². The quantitative estimate of drug-likeness (QED) is 0.701. The Kier molecular flexibility index (Phi) is 3.31. The number of carbonyl (C=O) groups is 1. The van der Waals surface area contributed by atoms with Gasteiger partial charge in [-0.25, -0.2) is 0 Å². The number of nitrogens with zero attached hydrogens (tertiary/aromatic N) is 1. The molecule has 0 aliphatic carbocycles. The Hall–Kier alpha value is -0.570. The van der Waals surface area contributed by atoms with Crippen molar-refractivity contribution in [2.24, 2.45) is 23.5 Å². The van der Waals surface area contributed by atoms with Gasteiger partial charge in [0.25, 0.3) is 0 Å². The molecule has 1 amide bonds. The molecule has 0 aromatic heterocycles. The van der Waals surface area contributed by atoms with Crippen molar-refractivity contribution in [2.45, 2.75) is 20.3 Å². The smallest absolute Gasteiger partial charge is 0.222 e. The van der Waals surface area contributed by atoms with Gasteiger partial charge in [-0.15, -0.1) is 0 Å². The van der Waals surface area contributed by atoms with Gasteiger partial charge < -0.3 is 10.6 Å². The first kappa shape index (κ1) is 10.5. The molecule has 0 saturated carbocycles. The molecule has 1 aliphatic rings. The third kappa shape index (κ3) is 2.21. The Morgan fingerprint density at radius 1 is 1.62 bits per heavy atom. The van der Waals surface area contributed by atoms with Crippen LogP contribution in [0.5, 0.6) is 0 Å². The van der Waals surface area contributed by atoms with E-state index in [4.69, 9.17) is 5.73 Å². The highest BCUT2D eigenvalue weighted by Gasteiger charge is 2.33. The zero-order valence-electron chi connectivity index (χ0n) is 8.79. The van der Waals surface area contributed by atoms with E-state index in [0.717, 1.165) is 6.54 Å². The molecule has 1 saturated heterocycles. The molecule has 76 valence electrons. The normalized spacial score (nSPS) is 25.8. The molecule has 0 radical (unpaired) electrons. The lowest BCUT2D eigenvalue weighted by Gasteiger charge is -2.24. The zero-order chi connectivity index (χ0) is 10.0. The number of nitrogens with two attached hydrogens (primary N) is 1. The van der Waals surface area contributed by atoms with Crippen molar-refractivity contribution in [2.75, 3.05) is 20.1 Å². The Labute approximate surface area is 80.3 Å². The summed E-state index contributed by atoms with van der Waals surface area (Å²) in [5, 5.41) is 0. The van der Waals surface area contributed by atoms with Crippen LogP contribution in [0, 0.1) is 17.8 Å². The predicted molar refractivity (Wildman–Crippen MR) is 53.1 cm³/mol. The van der Waals surface area contributed by atoms with Gasteiger partial charge in [0.05, 0.1) is 0 Å². The summed E-state index contributed by atoms with van der Waals surface area (Å²) in [4.78, 5) is 13.1. The Morgan fingerprint density at radius 3 is 2.54 bits per heavy atom. The summed E-state index contributed by atoms with van der Waals surface area (Å²) in [5.41, 5.74) is 5.71. The molecule has 2 atom stereocenters. The third-order valence-corrected chi connectivity index (χ3v) is 3.10. The summed E-state index contributed by atoms with van der Waals surface area (Å²) in [6, 6.07) is 0. The Morgan fingerprint density at radius 2 is 2.23 bits per heavy atom. The van der Waals surface area contributed by atoms with Gasteiger partial charge >= 0.3 is 0 Å². The van der Waals surface area contributed by atoms with E-state index in [9.17, 15) is 4.79 Å². The summed E-state index contributed by atoms with van der Waals surface area (Å²) >= 11 is 0. The fourth-order valence-electron chi connectivity index (χ4n) is 2.19. The fraction of sp³-hybridized carbons (Fsp3) is 0.900. The van der Waals surface area contributed by atoms with Gasteiger partial charge in [0.1, 0.15) is 0 Å². The second-order valence-corrected chi connectivity index (χ2v) is 4.38. The van der Waals surface area contributed by atoms with Gasteiger partial charge in [0.2, 0.25) is 5.91 Å². The molecule has 1 heterocycles. The third-order valence-electron chi connectivity index (χ3n) is 3.10. The highest BCUT2D eigenvalue weighted by atomic mass is 16.2. The average Bonchev–Trinajstić information content (AvgIpc) is 2.32. The minimum atomic E-state index is 0.268. The number of rotatable bonds is 3. The molecule has 0 spiro atoms. The summed E-state index contributed by atoms with van der Waals surface area (Å²) < 4.78 is 0. The molecule has 1 aliphatic heterocycles. The van der Waals surface area contributed by atoms with Crippen LogP contribution < -0.4 is 5.73 Å². The molecule has 13 heavy (non-hydrogen) atoms. The molecule has 2 N–H and O–H groups in total. The van der Waals surface area contributed by atoms with Crippen LogP contribution in [0.3, 0.4) is 0 Å². The fourth-order valence-corrected chi connectivity index (χ4v) is 2.19. The van der Waals surface area contributed by atoms with Gasteiger partial charge in [0.15, 0.2) is 0 Å². The van der Waals surface area contributed by atoms with Crippen molar-refractivity contribution < 1.29 is 4.79 Å². The van der Waals surface area contributed by atoms with Gasteiger partial charge in [-0.3, -0.25) is 4.79 Å². The molecule has 0 aromatic carbocycles. The first-order valence-corrected chi connectivity index (χ1v) is 5.00. The van der Waals surface area contributed by atoms with Crippen molar-refractivity contribution in [1.29, 1.82) is 0 Å². The minimum absolute atomic E-state index is 0.268. The lowest BCUT2D eigenvalue weighted by molar-refractivity contribution is -0.126. The van der Waals surface area contributed by atoms with Crippen LogP contribution in [0.2, 0.25) is 0 Å². The standard InChI is InChI=1S/C10H20N2O/c1-7(2)9(5-11)8-4-10(13)12(3)6-8/h7-9H,4-6,11H2,1-3H3. The first-order valence-electron chi connectivity index (χ1n) is 5.00. The topological polar surface area (TPSA) is 46.3 Å². The average molecular weight is 184 g/mol. The molecule has 0 bridgehead atoms. The summed E-state index contributed by atoms with van der Waals surface area (Å²) in [5.74, 6) is 1.81. The molecule has 1 rings (SSSR count). The highest BCUT2D eigenvalue weighted by Crippen LogP contribution is 2.28. The number of likely N-dealkylation sites (tertiary alicyclic amines) is 1. The Balaban J connectivity index is 2.57. The van der Waals surface area contributed by atoms with Crippen LogP contribution in [0.25, 0.3) is 0 Å². The number of carbonyl (C=O) groups excluding carboxylic acids is 1. The summed E-state index contributed by atoms with van der Waals surface area (Å²) in [6.45, 7) is 5.95. The van der Waals surface area contributed by atoms with Gasteiger partial charge in [-0.1, -0.05) is 13.8 Å². The van der Waals surface area contributed by atoms with Crippen LogP contribution in [0.1, 0.15) is 20.3 Å². The SMILES string of the molecule is CC(C)C(CN)C1CC(=O)N(C)C1. The van der Waals surface area contributed by atoms with E-state index in [1.807, 2.05) is 11.9 Å². The number of amides is 1. The van der Waals surface area contributed by atoms with E-state index in [2.05, 4.69) is 13.8 Å². The van der Waals surface area contributed by atoms with Crippen LogP contribution in [0.15, 0.2) is 0 Å². The van der Waals surface area contributed by atoms with Gasteiger partial charge in [-0.2, -0.15) is 0 Å². The highest BCUT2D eigenvalue weighted by molar-refractivity contribution is 5.78. The lowest BCUT2D eigenvalue weighted by atomic mass is 9.83. The van der Waals surface area contributed by atoms with E-state index >= 15 is 0 Å². The summed E-state index contributed by atoms with van der Waals surface area (Å²) in [6.07, 6.45) is 0.691. The van der Waals surface area contributed by atoms with Crippen LogP contribution in [0.4, 0.5) is 0 Å². The lowest BCUT2D eigenvalue weighted by Crippen LogP contribution is -2.29. The van der Waals surface area contributed by atoms with Crippen molar-refractivity contribution in [3.8, 4) is 0 Å². The van der Waals surface area contributed by atoms with Crippen LogP contribution >= 0.6 is 0 Å². The predicted octanol–water partition coefficient (Wildman–Crippen LogP) is 0.696. The zero-order valence-corrected chi connectivity index (χ0v) is 8.79. The maximum Gasteiger partial charge on any atom is 0.222 e. The molecule has 0 aromatic rings. The number of hydrogen-bond acceptors (Lipinski definition) is 2. The maximum atomic E-state index is 11.3. The van der Waals surface area contributed by atoms with Crippen LogP contribution in [-0.4, -0.2) is 30.9 Å². The molecular formula is C10H20N2O. The molecule has 3 nitrogen and oxygen atoms in total. The van der Waals surface area contributed by atoms with E-state index < -0.39 is 0 Å². The van der Waals surface area contributed by atoms with E-state index in [1.54, 1.807) is 0 Å². The Bertz CT molecular complexity index is 191. The van der Waals surface area contributed by atoms with Crippen LogP contribution in [-0.2, 0) is 4.79 Å². The molecule has 1 fully saturated rings. The largest absolute Gasteiger partial charge is 0.345 e.